The summed E-state index contributed by atoms with van der Waals surface area (Å²) in [6.45, 7) is 3.34. The number of nitrogens with one attached hydrogen (secondary N) is 2. The minimum atomic E-state index is -0.551. The maximum Gasteiger partial charge on any atom is 0.224 e. The molecule has 54 heavy (non-hydrogen) atoms. The number of anilines is 2. The number of para-hydroxylation sites is 2. The van der Waals surface area contributed by atoms with E-state index in [-0.39, 0.29) is 49.5 Å². The number of likely N-dealkylation sites (N-methyl/N-ethyl adjacent to an activating group) is 1. The third kappa shape index (κ3) is 10.4. The van der Waals surface area contributed by atoms with Crippen LogP contribution in [0.1, 0.15) is 78.9 Å². The Balaban J connectivity index is 1.06. The molecule has 4 atom stereocenters. The molecule has 5 aromatic carbocycles. The van der Waals surface area contributed by atoms with Gasteiger partial charge in [0.05, 0.1) is 30.2 Å². The van der Waals surface area contributed by atoms with Crippen LogP contribution < -0.4 is 16.4 Å². The fourth-order valence-electron chi connectivity index (χ4n) is 6.71. The molecule has 1 fully saturated rings. The lowest BCUT2D eigenvalue weighted by atomic mass is 9.98. The van der Waals surface area contributed by atoms with Crippen LogP contribution in [0, 0.1) is 0 Å². The second kappa shape index (κ2) is 18.6. The summed E-state index contributed by atoms with van der Waals surface area (Å²) in [7, 11) is 2.14. The number of benzene rings is 5. The monoisotopic (exact) mass is 726 g/mol. The molecule has 1 aliphatic heterocycles. The fourth-order valence-corrected chi connectivity index (χ4v) is 6.71. The van der Waals surface area contributed by atoms with Gasteiger partial charge in [0.1, 0.15) is 0 Å². The quantitative estimate of drug-likeness (QED) is 0.0804. The zero-order valence-electron chi connectivity index (χ0n) is 31.0. The number of amides is 2. The van der Waals surface area contributed by atoms with Crippen LogP contribution in [0.5, 0.6) is 0 Å². The first-order valence-electron chi connectivity index (χ1n) is 18.6. The molecule has 2 amide bonds. The van der Waals surface area contributed by atoms with Crippen LogP contribution in [0.4, 0.5) is 11.4 Å². The van der Waals surface area contributed by atoms with E-state index >= 15 is 0 Å². The minimum absolute atomic E-state index is 0.000215. The number of carbonyl (C=O) groups is 2. The first kappa shape index (κ1) is 38.4. The summed E-state index contributed by atoms with van der Waals surface area (Å²) < 4.78 is 13.3. The van der Waals surface area contributed by atoms with E-state index < -0.39 is 6.29 Å². The molecule has 9 heteroatoms. The van der Waals surface area contributed by atoms with Gasteiger partial charge in [0, 0.05) is 44.0 Å². The molecule has 5 aromatic rings. The van der Waals surface area contributed by atoms with Crippen molar-refractivity contribution in [3.63, 3.8) is 0 Å². The molecule has 6 rings (SSSR count). The number of aliphatic hydroxyl groups is 1. The van der Waals surface area contributed by atoms with E-state index in [1.165, 1.54) is 5.56 Å². The minimum Gasteiger partial charge on any atom is -0.397 e. The number of ether oxygens (including phenoxy) is 2. The highest BCUT2D eigenvalue weighted by molar-refractivity contribution is 5.94. The van der Waals surface area contributed by atoms with Gasteiger partial charge >= 0.3 is 0 Å². The van der Waals surface area contributed by atoms with Gasteiger partial charge in [-0.25, -0.2) is 0 Å². The highest BCUT2D eigenvalue weighted by atomic mass is 16.7. The van der Waals surface area contributed by atoms with Crippen LogP contribution in [0.3, 0.4) is 0 Å². The number of nitrogens with zero attached hydrogens (tertiary/aromatic N) is 1. The number of hydrogen-bond acceptors (Lipinski definition) is 7. The first-order chi connectivity index (χ1) is 26.2. The van der Waals surface area contributed by atoms with E-state index in [0.29, 0.717) is 30.8 Å². The Hall–Kier alpha value is -5.32. The number of nitrogen functional groups attached to an aromatic ring is 1. The predicted molar refractivity (Wildman–Crippen MR) is 213 cm³/mol. The van der Waals surface area contributed by atoms with E-state index in [2.05, 4.69) is 90.2 Å². The van der Waals surface area contributed by atoms with E-state index in [0.717, 1.165) is 39.9 Å². The summed E-state index contributed by atoms with van der Waals surface area (Å²) in [6, 6.07) is 42.2. The van der Waals surface area contributed by atoms with Gasteiger partial charge in [0.25, 0.3) is 0 Å². The predicted octanol–water partition coefficient (Wildman–Crippen LogP) is 8.09. The Morgan fingerprint density at radius 1 is 0.796 bits per heavy atom. The molecule has 1 aliphatic rings. The van der Waals surface area contributed by atoms with Crippen molar-refractivity contribution in [3.05, 3.63) is 155 Å². The van der Waals surface area contributed by atoms with Gasteiger partial charge in [-0.2, -0.15) is 0 Å². The van der Waals surface area contributed by atoms with E-state index in [1.807, 2.05) is 54.6 Å². The fraction of sp³-hybridized carbons (Fsp3) is 0.289. The molecule has 0 bridgehead atoms. The maximum atomic E-state index is 12.6. The molecule has 0 aromatic heterocycles. The van der Waals surface area contributed by atoms with Crippen LogP contribution in [0.15, 0.2) is 127 Å². The van der Waals surface area contributed by atoms with E-state index in [9.17, 15) is 14.7 Å². The standard InChI is InChI=1S/C45H50N4O5/c1-31(34-11-4-3-5-12-34)49(2)29-39-27-42(36-20-18-32(30-50)19-21-36)54-45(53-39)37-24-22-35(23-25-37)38-13-8-10-33(26-38)28-47-43(51)16-9-17-44(52)48-41-15-7-6-14-40(41)46/h3-8,10-15,18-26,31,39,42,45,50H,9,16-17,27-30,46H2,1-2H3,(H,47,51)(H,48,52)/t31-,39+,42-,45-/m0/s1. The summed E-state index contributed by atoms with van der Waals surface area (Å²) in [4.78, 5) is 27.2. The second-order valence-electron chi connectivity index (χ2n) is 14.0. The maximum absolute atomic E-state index is 12.6. The number of hydrogen-bond donors (Lipinski definition) is 4. The van der Waals surface area contributed by atoms with Crippen molar-refractivity contribution < 1.29 is 24.2 Å². The van der Waals surface area contributed by atoms with Crippen molar-refractivity contribution in [1.82, 2.24) is 10.2 Å². The number of carbonyl (C=O) groups excluding carboxylic acids is 2. The van der Waals surface area contributed by atoms with Crippen molar-refractivity contribution >= 4 is 23.2 Å². The van der Waals surface area contributed by atoms with Crippen molar-refractivity contribution in [2.75, 3.05) is 24.6 Å². The summed E-state index contributed by atoms with van der Waals surface area (Å²) in [5.41, 5.74) is 14.2. The van der Waals surface area contributed by atoms with Gasteiger partial charge in [-0.15, -0.1) is 0 Å². The normalized spacial score (nSPS) is 17.5. The Morgan fingerprint density at radius 3 is 2.24 bits per heavy atom. The van der Waals surface area contributed by atoms with E-state index in [4.69, 9.17) is 15.2 Å². The molecule has 0 aliphatic carbocycles. The van der Waals surface area contributed by atoms with Crippen LogP contribution in [0.2, 0.25) is 0 Å². The van der Waals surface area contributed by atoms with Gasteiger partial charge in [-0.3, -0.25) is 14.5 Å². The van der Waals surface area contributed by atoms with Crippen molar-refractivity contribution in [2.45, 2.75) is 70.3 Å². The Kier molecular flexibility index (Phi) is 13.2. The van der Waals surface area contributed by atoms with Gasteiger partial charge in [0.15, 0.2) is 6.29 Å². The Morgan fingerprint density at radius 2 is 1.50 bits per heavy atom. The number of nitrogens with two attached hydrogens (primary N) is 1. The molecule has 0 saturated carbocycles. The van der Waals surface area contributed by atoms with Crippen LogP contribution in [0.25, 0.3) is 11.1 Å². The lowest BCUT2D eigenvalue weighted by Gasteiger charge is -2.39. The van der Waals surface area contributed by atoms with Crippen molar-refractivity contribution in [1.29, 1.82) is 0 Å². The molecule has 1 saturated heterocycles. The largest absolute Gasteiger partial charge is 0.397 e. The van der Waals surface area contributed by atoms with E-state index in [1.54, 1.807) is 12.1 Å². The summed E-state index contributed by atoms with van der Waals surface area (Å²) in [5.74, 6) is -0.277. The highest BCUT2D eigenvalue weighted by Gasteiger charge is 2.33. The van der Waals surface area contributed by atoms with Crippen molar-refractivity contribution in [3.8, 4) is 11.1 Å². The average molecular weight is 727 g/mol. The molecular formula is C45H50N4O5. The lowest BCUT2D eigenvalue weighted by Crippen LogP contribution is -2.38. The highest BCUT2D eigenvalue weighted by Crippen LogP contribution is 2.39. The zero-order chi connectivity index (χ0) is 37.9. The van der Waals surface area contributed by atoms with Gasteiger partial charge in [-0.05, 0) is 72.0 Å². The summed E-state index contributed by atoms with van der Waals surface area (Å²) in [6.07, 6.45) is 0.840. The van der Waals surface area contributed by atoms with Gasteiger partial charge in [-0.1, -0.05) is 109 Å². The van der Waals surface area contributed by atoms with Crippen LogP contribution >= 0.6 is 0 Å². The van der Waals surface area contributed by atoms with Gasteiger partial charge in [0.2, 0.25) is 11.8 Å². The third-order valence-corrected chi connectivity index (χ3v) is 10.0. The summed E-state index contributed by atoms with van der Waals surface area (Å²) >= 11 is 0. The number of rotatable bonds is 15. The molecule has 0 spiro atoms. The number of aliphatic hydroxyl groups excluding tert-OH is 1. The van der Waals surface area contributed by atoms with Crippen LogP contribution in [-0.4, -0.2) is 41.5 Å². The Bertz CT molecular complexity index is 1970. The molecule has 5 N–H and O–H groups in total. The smallest absolute Gasteiger partial charge is 0.224 e. The average Bonchev–Trinajstić information content (AvgIpc) is 3.21. The third-order valence-electron chi connectivity index (χ3n) is 10.0. The SMILES string of the molecule is C[C@@H](c1ccccc1)N(C)C[C@H]1C[C@@H](c2ccc(CO)cc2)O[C@@H](c2ccc(-c3cccc(CNC(=O)CCCC(=O)Nc4ccccc4N)c3)cc2)O1. The molecule has 9 nitrogen and oxygen atoms in total. The molecule has 280 valence electrons. The first-order valence-corrected chi connectivity index (χ1v) is 18.6. The van der Waals surface area contributed by atoms with Crippen LogP contribution in [-0.2, 0) is 32.2 Å². The van der Waals surface area contributed by atoms with Gasteiger partial charge < -0.3 is 30.9 Å². The molecule has 0 unspecified atom stereocenters. The topological polar surface area (TPSA) is 126 Å². The lowest BCUT2D eigenvalue weighted by molar-refractivity contribution is -0.253. The second-order valence-corrected chi connectivity index (χ2v) is 14.0. The molecule has 0 radical (unpaired) electrons. The summed E-state index contributed by atoms with van der Waals surface area (Å²) in [5, 5.41) is 15.4. The zero-order valence-corrected chi connectivity index (χ0v) is 31.0. The molecular weight excluding hydrogens is 677 g/mol. The molecule has 1 heterocycles. The Labute approximate surface area is 318 Å². The van der Waals surface area contributed by atoms with Crippen molar-refractivity contribution in [2.24, 2.45) is 0 Å².